The fourth-order valence-corrected chi connectivity index (χ4v) is 2.07. The van der Waals surface area contributed by atoms with Gasteiger partial charge in [0.05, 0.1) is 18.8 Å². The smallest absolute Gasteiger partial charge is 0.338 e. The second-order valence-electron chi connectivity index (χ2n) is 5.31. The molecule has 22 heavy (non-hydrogen) atoms. The number of benzene rings is 1. The van der Waals surface area contributed by atoms with Crippen LogP contribution in [0.3, 0.4) is 0 Å². The van der Waals surface area contributed by atoms with Gasteiger partial charge in [0.2, 0.25) is 0 Å². The van der Waals surface area contributed by atoms with Crippen molar-refractivity contribution < 1.29 is 23.8 Å². The Morgan fingerprint density at radius 1 is 1.05 bits per heavy atom. The largest absolute Gasteiger partial charge is 0.463 e. The highest BCUT2D eigenvalue weighted by molar-refractivity contribution is 5.89. The summed E-state index contributed by atoms with van der Waals surface area (Å²) in [5.74, 6) is -0.270. The number of rotatable bonds is 8. The summed E-state index contributed by atoms with van der Waals surface area (Å²) in [7, 11) is 0. The van der Waals surface area contributed by atoms with Crippen molar-refractivity contribution >= 4 is 11.9 Å². The number of hydrogen-bond donors (Lipinski definition) is 0. The van der Waals surface area contributed by atoms with Crippen LogP contribution < -0.4 is 0 Å². The molecule has 0 aliphatic carbocycles. The molecular formula is C17H24O5. The van der Waals surface area contributed by atoms with Gasteiger partial charge in [-0.2, -0.15) is 0 Å². The molecule has 0 radical (unpaired) electrons. The van der Waals surface area contributed by atoms with Crippen LogP contribution >= 0.6 is 0 Å². The van der Waals surface area contributed by atoms with Gasteiger partial charge in [-0.25, -0.2) is 4.79 Å². The van der Waals surface area contributed by atoms with Gasteiger partial charge in [-0.15, -0.1) is 0 Å². The van der Waals surface area contributed by atoms with Gasteiger partial charge >= 0.3 is 11.9 Å². The summed E-state index contributed by atoms with van der Waals surface area (Å²) in [5, 5.41) is 0. The van der Waals surface area contributed by atoms with Gasteiger partial charge in [-0.05, 0) is 36.1 Å². The molecule has 0 amide bonds. The second-order valence-corrected chi connectivity index (χ2v) is 5.31. The van der Waals surface area contributed by atoms with Crippen molar-refractivity contribution in [3.63, 3.8) is 0 Å². The van der Waals surface area contributed by atoms with Gasteiger partial charge in [-0.1, -0.05) is 19.9 Å². The molecule has 0 aliphatic rings. The summed E-state index contributed by atoms with van der Waals surface area (Å²) in [6.45, 7) is 8.51. The number of aryl methyl sites for hydroxylation is 1. The van der Waals surface area contributed by atoms with Crippen LogP contribution in [0.5, 0.6) is 0 Å². The lowest BCUT2D eigenvalue weighted by Gasteiger charge is -2.11. The Labute approximate surface area is 131 Å². The summed E-state index contributed by atoms with van der Waals surface area (Å²) in [6, 6.07) is 5.59. The monoisotopic (exact) mass is 308 g/mol. The van der Waals surface area contributed by atoms with Crippen LogP contribution in [0.4, 0.5) is 0 Å². The Hall–Kier alpha value is -1.88. The first kappa shape index (κ1) is 18.2. The zero-order valence-electron chi connectivity index (χ0n) is 13.7. The first-order chi connectivity index (χ1) is 10.4. The Kier molecular flexibility index (Phi) is 7.60. The van der Waals surface area contributed by atoms with Crippen LogP contribution in [-0.2, 0) is 19.0 Å². The third kappa shape index (κ3) is 6.26. The fraction of sp³-hybridized carbons (Fsp3) is 0.529. The lowest BCUT2D eigenvalue weighted by atomic mass is 9.96. The lowest BCUT2D eigenvalue weighted by Crippen LogP contribution is -2.14. The number of carbonyl (C=O) groups excluding carboxylic acids is 2. The van der Waals surface area contributed by atoms with Gasteiger partial charge in [0, 0.05) is 6.92 Å². The van der Waals surface area contributed by atoms with Gasteiger partial charge in [0.1, 0.15) is 13.2 Å². The highest BCUT2D eigenvalue weighted by Crippen LogP contribution is 2.20. The Morgan fingerprint density at radius 2 is 1.68 bits per heavy atom. The van der Waals surface area contributed by atoms with E-state index >= 15 is 0 Å². The summed E-state index contributed by atoms with van der Waals surface area (Å²) < 4.78 is 15.0. The van der Waals surface area contributed by atoms with E-state index in [0.717, 1.165) is 5.56 Å². The number of esters is 2. The quantitative estimate of drug-likeness (QED) is 0.546. The van der Waals surface area contributed by atoms with Gasteiger partial charge < -0.3 is 14.2 Å². The average Bonchev–Trinajstić information content (AvgIpc) is 2.45. The average molecular weight is 308 g/mol. The van der Waals surface area contributed by atoms with Crippen molar-refractivity contribution in [2.24, 2.45) is 0 Å². The fourth-order valence-electron chi connectivity index (χ4n) is 2.07. The SMILES string of the molecule is CC(=O)OCCOCCOC(=O)c1ccc(C(C)C)c(C)c1. The van der Waals surface area contributed by atoms with Crippen LogP contribution in [0.1, 0.15) is 48.2 Å². The van der Waals surface area contributed by atoms with Gasteiger partial charge in [-0.3, -0.25) is 4.79 Å². The molecule has 1 rings (SSSR count). The van der Waals surface area contributed by atoms with E-state index in [1.807, 2.05) is 19.1 Å². The third-order valence-corrected chi connectivity index (χ3v) is 3.12. The Bertz CT molecular complexity index is 508. The molecule has 1 aromatic carbocycles. The predicted molar refractivity (Wildman–Crippen MR) is 83.0 cm³/mol. The molecule has 5 heteroatoms. The number of ether oxygens (including phenoxy) is 3. The maximum absolute atomic E-state index is 11.9. The van der Waals surface area contributed by atoms with Crippen LogP contribution in [0, 0.1) is 6.92 Å². The number of hydrogen-bond acceptors (Lipinski definition) is 5. The molecule has 0 saturated carbocycles. The normalized spacial score (nSPS) is 10.6. The minimum absolute atomic E-state index is 0.171. The van der Waals surface area contributed by atoms with Gasteiger partial charge in [0.25, 0.3) is 0 Å². The first-order valence-electron chi connectivity index (χ1n) is 7.40. The van der Waals surface area contributed by atoms with E-state index in [9.17, 15) is 9.59 Å². The molecule has 0 bridgehead atoms. The molecule has 122 valence electrons. The summed E-state index contributed by atoms with van der Waals surface area (Å²) in [6.07, 6.45) is 0. The molecule has 0 spiro atoms. The van der Waals surface area contributed by atoms with Crippen molar-refractivity contribution in [2.75, 3.05) is 26.4 Å². The standard InChI is InChI=1S/C17H24O5/c1-12(2)16-6-5-15(11-13(16)3)17(19)22-10-8-20-7-9-21-14(4)18/h5-6,11-12H,7-10H2,1-4H3. The number of carbonyl (C=O) groups is 2. The summed E-state index contributed by atoms with van der Waals surface area (Å²) in [4.78, 5) is 22.4. The molecule has 0 unspecified atom stereocenters. The Balaban J connectivity index is 2.31. The maximum atomic E-state index is 11.9. The zero-order chi connectivity index (χ0) is 16.5. The first-order valence-corrected chi connectivity index (χ1v) is 7.40. The molecule has 0 atom stereocenters. The molecule has 0 fully saturated rings. The van der Waals surface area contributed by atoms with Crippen molar-refractivity contribution in [3.05, 3.63) is 34.9 Å². The van der Waals surface area contributed by atoms with Crippen molar-refractivity contribution in [2.45, 2.75) is 33.6 Å². The van der Waals surface area contributed by atoms with E-state index in [2.05, 4.69) is 13.8 Å². The predicted octanol–water partition coefficient (Wildman–Crippen LogP) is 2.85. The van der Waals surface area contributed by atoms with Crippen LogP contribution in [0.25, 0.3) is 0 Å². The van der Waals surface area contributed by atoms with E-state index in [-0.39, 0.29) is 31.8 Å². The Morgan fingerprint density at radius 3 is 2.23 bits per heavy atom. The van der Waals surface area contributed by atoms with Gasteiger partial charge in [0.15, 0.2) is 0 Å². The molecule has 0 saturated heterocycles. The molecule has 0 N–H and O–H groups in total. The van der Waals surface area contributed by atoms with Crippen LogP contribution in [-0.4, -0.2) is 38.4 Å². The van der Waals surface area contributed by atoms with E-state index in [1.54, 1.807) is 6.07 Å². The summed E-state index contributed by atoms with van der Waals surface area (Å²) >= 11 is 0. The lowest BCUT2D eigenvalue weighted by molar-refractivity contribution is -0.142. The highest BCUT2D eigenvalue weighted by atomic mass is 16.6. The van der Waals surface area contributed by atoms with E-state index in [0.29, 0.717) is 18.1 Å². The summed E-state index contributed by atoms with van der Waals surface area (Å²) in [5.41, 5.74) is 2.86. The van der Waals surface area contributed by atoms with E-state index in [1.165, 1.54) is 12.5 Å². The maximum Gasteiger partial charge on any atom is 0.338 e. The van der Waals surface area contributed by atoms with Crippen molar-refractivity contribution in [1.82, 2.24) is 0 Å². The van der Waals surface area contributed by atoms with Crippen LogP contribution in [0.2, 0.25) is 0 Å². The van der Waals surface area contributed by atoms with Crippen molar-refractivity contribution in [3.8, 4) is 0 Å². The second kappa shape index (κ2) is 9.20. The minimum atomic E-state index is -0.359. The molecular weight excluding hydrogens is 284 g/mol. The topological polar surface area (TPSA) is 61.8 Å². The highest BCUT2D eigenvalue weighted by Gasteiger charge is 2.10. The van der Waals surface area contributed by atoms with Crippen molar-refractivity contribution in [1.29, 1.82) is 0 Å². The van der Waals surface area contributed by atoms with Crippen LogP contribution in [0.15, 0.2) is 18.2 Å². The third-order valence-electron chi connectivity index (χ3n) is 3.12. The molecule has 0 heterocycles. The zero-order valence-corrected chi connectivity index (χ0v) is 13.7. The van der Waals surface area contributed by atoms with E-state index in [4.69, 9.17) is 14.2 Å². The molecule has 1 aromatic rings. The molecule has 0 aromatic heterocycles. The molecule has 0 aliphatic heterocycles. The van der Waals surface area contributed by atoms with E-state index < -0.39 is 0 Å². The molecule has 5 nitrogen and oxygen atoms in total. The minimum Gasteiger partial charge on any atom is -0.463 e.